The summed E-state index contributed by atoms with van der Waals surface area (Å²) in [6.45, 7) is 5.81. The first-order valence-corrected chi connectivity index (χ1v) is 15.2. The van der Waals surface area contributed by atoms with Gasteiger partial charge in [-0.25, -0.2) is 18.2 Å². The molecule has 0 unspecified atom stereocenters. The molecule has 0 bridgehead atoms. The van der Waals surface area contributed by atoms with Crippen LogP contribution >= 0.6 is 46.3 Å². The van der Waals surface area contributed by atoms with E-state index >= 15 is 0 Å². The summed E-state index contributed by atoms with van der Waals surface area (Å²) in [7, 11) is -3.51. The zero-order valence-corrected chi connectivity index (χ0v) is 24.1. The van der Waals surface area contributed by atoms with Crippen LogP contribution in [-0.2, 0) is 10.0 Å². The van der Waals surface area contributed by atoms with Gasteiger partial charge in [-0.05, 0) is 36.8 Å². The predicted molar refractivity (Wildman–Crippen MR) is 151 cm³/mol. The fourth-order valence-corrected chi connectivity index (χ4v) is 7.00. The fraction of sp³-hybridized carbons (Fsp3) is 0.208. The molecule has 0 aliphatic rings. The summed E-state index contributed by atoms with van der Waals surface area (Å²) in [6, 6.07) is 11.8. The number of benzene rings is 2. The van der Waals surface area contributed by atoms with Gasteiger partial charge in [0.25, 0.3) is 0 Å². The number of thioether (sulfide) groups is 1. The third kappa shape index (κ3) is 6.12. The molecular weight excluding hydrogens is 575 g/mol. The van der Waals surface area contributed by atoms with Gasteiger partial charge in [-0.1, -0.05) is 66.6 Å². The molecule has 4 rings (SSSR count). The molecule has 0 aliphatic carbocycles. The number of hydrogen-bond acceptors (Lipinski definition) is 7. The number of anilines is 1. The summed E-state index contributed by atoms with van der Waals surface area (Å²) >= 11 is 15.3. The van der Waals surface area contributed by atoms with Crippen LogP contribution < -0.4 is 4.72 Å². The Morgan fingerprint density at radius 3 is 2.49 bits per heavy atom. The third-order valence-electron chi connectivity index (χ3n) is 5.02. The Hall–Kier alpha value is -2.57. The van der Waals surface area contributed by atoms with E-state index in [4.69, 9.17) is 28.2 Å². The topological polar surface area (TPSA) is 114 Å². The lowest BCUT2D eigenvalue weighted by Crippen LogP contribution is -2.10. The lowest BCUT2D eigenvalue weighted by molar-refractivity contribution is 0.0688. The van der Waals surface area contributed by atoms with Crippen molar-refractivity contribution in [3.05, 3.63) is 63.9 Å². The minimum atomic E-state index is -3.51. The van der Waals surface area contributed by atoms with Crippen LogP contribution in [0.4, 0.5) is 5.69 Å². The van der Waals surface area contributed by atoms with E-state index in [9.17, 15) is 18.3 Å². The second-order valence-electron chi connectivity index (χ2n) is 8.41. The van der Waals surface area contributed by atoms with Crippen LogP contribution in [0.15, 0.2) is 46.7 Å². The number of halogens is 2. The smallest absolute Gasteiger partial charge is 0.355 e. The highest BCUT2D eigenvalue weighted by molar-refractivity contribution is 8.01. The van der Waals surface area contributed by atoms with Crippen LogP contribution in [0.3, 0.4) is 0 Å². The second kappa shape index (κ2) is 10.7. The highest BCUT2D eigenvalue weighted by Crippen LogP contribution is 2.42. The molecule has 0 saturated heterocycles. The van der Waals surface area contributed by atoms with Crippen molar-refractivity contribution in [1.82, 2.24) is 14.8 Å². The average molecular weight is 598 g/mol. The number of rotatable bonds is 8. The quantitative estimate of drug-likeness (QED) is 0.214. The molecule has 2 aromatic carbocycles. The first-order valence-electron chi connectivity index (χ1n) is 10.9. The number of aryl methyl sites for hydroxylation is 1. The van der Waals surface area contributed by atoms with E-state index in [-0.39, 0.29) is 10.9 Å². The van der Waals surface area contributed by atoms with Gasteiger partial charge in [-0.3, -0.25) is 4.72 Å². The van der Waals surface area contributed by atoms with Gasteiger partial charge < -0.3 is 5.11 Å². The second-order valence-corrected chi connectivity index (χ2v) is 13.8. The Balaban J connectivity index is 1.89. The summed E-state index contributed by atoms with van der Waals surface area (Å²) in [5, 5.41) is 16.2. The molecule has 0 amide bonds. The van der Waals surface area contributed by atoms with E-state index in [0.29, 0.717) is 43.4 Å². The van der Waals surface area contributed by atoms with Crippen molar-refractivity contribution < 1.29 is 18.3 Å². The van der Waals surface area contributed by atoms with Gasteiger partial charge in [-0.15, -0.1) is 11.8 Å². The van der Waals surface area contributed by atoms with Crippen LogP contribution in [0.1, 0.15) is 30.0 Å². The molecule has 2 aromatic heterocycles. The molecule has 4 aromatic rings. The van der Waals surface area contributed by atoms with Crippen LogP contribution in [0, 0.1) is 6.92 Å². The summed E-state index contributed by atoms with van der Waals surface area (Å²) in [5.74, 6) is -1.19. The fourth-order valence-electron chi connectivity index (χ4n) is 3.67. The zero-order chi connectivity index (χ0) is 27.1. The number of nitrogens with zero attached hydrogens (tertiary/aromatic N) is 3. The maximum atomic E-state index is 12.5. The van der Waals surface area contributed by atoms with Gasteiger partial charge >= 0.3 is 5.97 Å². The average Bonchev–Trinajstić information content (AvgIpc) is 3.35. The number of aromatic carboxylic acids is 1. The van der Waals surface area contributed by atoms with Gasteiger partial charge in [0, 0.05) is 22.1 Å². The summed E-state index contributed by atoms with van der Waals surface area (Å²) in [6.07, 6.45) is 1.05. The first kappa shape index (κ1) is 27.5. The Morgan fingerprint density at radius 2 is 1.86 bits per heavy atom. The molecule has 0 aliphatic heterocycles. The Labute approximate surface area is 232 Å². The summed E-state index contributed by atoms with van der Waals surface area (Å²) in [4.78, 5) is 17.3. The number of aromatic nitrogens is 3. The molecule has 0 radical (unpaired) electrons. The van der Waals surface area contributed by atoms with Crippen molar-refractivity contribution in [2.45, 2.75) is 30.2 Å². The van der Waals surface area contributed by atoms with E-state index in [2.05, 4.69) is 23.7 Å². The molecular formula is C24H22Cl2N4O4S3. The molecule has 2 N–H and O–H groups in total. The normalized spacial score (nSPS) is 11.8. The van der Waals surface area contributed by atoms with Crippen molar-refractivity contribution in [1.29, 1.82) is 0 Å². The van der Waals surface area contributed by atoms with Crippen molar-refractivity contribution in [2.75, 3.05) is 11.0 Å². The molecule has 0 spiro atoms. The summed E-state index contributed by atoms with van der Waals surface area (Å²) in [5.41, 5.74) is 2.98. The van der Waals surface area contributed by atoms with Crippen LogP contribution in [0.5, 0.6) is 0 Å². The highest BCUT2D eigenvalue weighted by Gasteiger charge is 2.27. The number of nitrogens with one attached hydrogen (secondary N) is 1. The van der Waals surface area contributed by atoms with E-state index < -0.39 is 16.0 Å². The SMILES string of the molecule is Cc1nn(-c2nc(-c3ccc(Cl)c(Cl)c3)c(SC(C)C)s2)c(C(=O)O)c1-c1cccc(NS(C)(=O)=O)c1. The standard InChI is InChI=1S/C24H22Cl2N4O4S3/c1-12(2)35-23-20(15-8-9-17(25)18(26)11-15)27-24(36-23)30-21(22(31)32)19(13(3)28-30)14-6-5-7-16(10-14)29-37(4,33)34/h5-12,29H,1-4H3,(H,31,32). The van der Waals surface area contributed by atoms with Crippen LogP contribution in [0.2, 0.25) is 10.0 Å². The zero-order valence-electron chi connectivity index (χ0n) is 20.1. The summed E-state index contributed by atoms with van der Waals surface area (Å²) < 4.78 is 28.0. The molecule has 0 atom stereocenters. The van der Waals surface area contributed by atoms with Gasteiger partial charge in [0.05, 0.1) is 31.9 Å². The van der Waals surface area contributed by atoms with E-state index in [0.717, 1.165) is 16.0 Å². The van der Waals surface area contributed by atoms with Crippen molar-refractivity contribution in [3.8, 4) is 27.5 Å². The predicted octanol–water partition coefficient (Wildman–Crippen LogP) is 6.85. The number of carboxylic acids is 1. The molecule has 37 heavy (non-hydrogen) atoms. The Kier molecular flexibility index (Phi) is 7.91. The minimum Gasteiger partial charge on any atom is -0.476 e. The number of carbonyl (C=O) groups is 1. The van der Waals surface area contributed by atoms with Crippen LogP contribution in [0.25, 0.3) is 27.5 Å². The molecule has 194 valence electrons. The number of carboxylic acid groups (broad SMARTS) is 1. The molecule has 13 heteroatoms. The van der Waals surface area contributed by atoms with Gasteiger partial charge in [0.1, 0.15) is 0 Å². The maximum Gasteiger partial charge on any atom is 0.355 e. The van der Waals surface area contributed by atoms with E-state index in [1.807, 2.05) is 6.07 Å². The molecule has 8 nitrogen and oxygen atoms in total. The largest absolute Gasteiger partial charge is 0.476 e. The Bertz CT molecular complexity index is 1610. The van der Waals surface area contributed by atoms with Gasteiger partial charge in [-0.2, -0.15) is 9.78 Å². The number of hydrogen-bond donors (Lipinski definition) is 2. The van der Waals surface area contributed by atoms with E-state index in [1.165, 1.54) is 16.0 Å². The third-order valence-corrected chi connectivity index (χ3v) is 8.61. The lowest BCUT2D eigenvalue weighted by Gasteiger charge is -2.08. The minimum absolute atomic E-state index is 0.0791. The highest BCUT2D eigenvalue weighted by atomic mass is 35.5. The number of sulfonamides is 1. The van der Waals surface area contributed by atoms with Crippen molar-refractivity contribution >= 4 is 68.0 Å². The Morgan fingerprint density at radius 1 is 1.14 bits per heavy atom. The van der Waals surface area contributed by atoms with Crippen LogP contribution in [-0.4, -0.2) is 45.8 Å². The molecule has 2 heterocycles. The van der Waals surface area contributed by atoms with Crippen molar-refractivity contribution in [2.24, 2.45) is 0 Å². The van der Waals surface area contributed by atoms with E-state index in [1.54, 1.807) is 55.1 Å². The lowest BCUT2D eigenvalue weighted by atomic mass is 10.0. The van der Waals surface area contributed by atoms with Crippen molar-refractivity contribution in [3.63, 3.8) is 0 Å². The molecule has 0 saturated carbocycles. The monoisotopic (exact) mass is 596 g/mol. The number of thiazole rings is 1. The van der Waals surface area contributed by atoms with Gasteiger partial charge in [0.15, 0.2) is 5.69 Å². The van der Waals surface area contributed by atoms with Gasteiger partial charge in [0.2, 0.25) is 15.2 Å². The first-order chi connectivity index (χ1) is 17.3. The molecule has 0 fully saturated rings. The maximum absolute atomic E-state index is 12.5.